The largest absolute Gasteiger partial charge is 0.508 e. The Balaban J connectivity index is 1.94. The standard InChI is InChI=1S/C14H15NO4/c16-11-6-10(7-12(17)8-11)15-4-3-9-1-2-13(18)14(19)5-9/h1-2,5-8,15-19H,3-4H2. The van der Waals surface area contributed by atoms with Gasteiger partial charge in [0.05, 0.1) is 0 Å². The van der Waals surface area contributed by atoms with Crippen LogP contribution in [0.15, 0.2) is 36.4 Å². The fourth-order valence-electron chi connectivity index (χ4n) is 1.77. The number of phenols is 4. The number of hydrogen-bond acceptors (Lipinski definition) is 5. The van der Waals surface area contributed by atoms with Gasteiger partial charge in [-0.15, -0.1) is 0 Å². The van der Waals surface area contributed by atoms with E-state index in [4.69, 9.17) is 0 Å². The Kier molecular flexibility index (Phi) is 3.66. The van der Waals surface area contributed by atoms with Gasteiger partial charge in [-0.05, 0) is 24.1 Å². The third-order valence-corrected chi connectivity index (χ3v) is 2.69. The van der Waals surface area contributed by atoms with E-state index in [0.29, 0.717) is 18.7 Å². The molecular weight excluding hydrogens is 246 g/mol. The quantitative estimate of drug-likeness (QED) is 0.544. The third-order valence-electron chi connectivity index (χ3n) is 2.69. The summed E-state index contributed by atoms with van der Waals surface area (Å²) in [5.74, 6) is -0.309. The van der Waals surface area contributed by atoms with Crippen molar-refractivity contribution in [3.63, 3.8) is 0 Å². The van der Waals surface area contributed by atoms with Crippen molar-refractivity contribution >= 4 is 5.69 Å². The van der Waals surface area contributed by atoms with Crippen LogP contribution in [0.25, 0.3) is 0 Å². The predicted octanol–water partition coefficient (Wildman–Crippen LogP) is 2.16. The van der Waals surface area contributed by atoms with Crippen LogP contribution in [0.5, 0.6) is 23.0 Å². The summed E-state index contributed by atoms with van der Waals surface area (Å²) in [7, 11) is 0. The van der Waals surface area contributed by atoms with E-state index in [1.54, 1.807) is 6.07 Å². The van der Waals surface area contributed by atoms with Crippen molar-refractivity contribution in [2.75, 3.05) is 11.9 Å². The van der Waals surface area contributed by atoms with Crippen LogP contribution < -0.4 is 5.32 Å². The Morgan fingerprint density at radius 2 is 1.47 bits per heavy atom. The van der Waals surface area contributed by atoms with E-state index in [9.17, 15) is 20.4 Å². The zero-order valence-electron chi connectivity index (χ0n) is 10.2. The minimum Gasteiger partial charge on any atom is -0.508 e. The molecule has 5 N–H and O–H groups in total. The highest BCUT2D eigenvalue weighted by atomic mass is 16.3. The molecule has 0 spiro atoms. The van der Waals surface area contributed by atoms with E-state index in [1.807, 2.05) is 0 Å². The van der Waals surface area contributed by atoms with Gasteiger partial charge in [0.15, 0.2) is 11.5 Å². The highest BCUT2D eigenvalue weighted by molar-refractivity contribution is 5.53. The second kappa shape index (κ2) is 5.39. The number of rotatable bonds is 4. The average molecular weight is 261 g/mol. The summed E-state index contributed by atoms with van der Waals surface area (Å²) in [5.41, 5.74) is 1.48. The average Bonchev–Trinajstić information content (AvgIpc) is 2.32. The van der Waals surface area contributed by atoms with Crippen LogP contribution in [-0.4, -0.2) is 27.0 Å². The minimum absolute atomic E-state index is 0.00946. The van der Waals surface area contributed by atoms with Crippen LogP contribution in [0.1, 0.15) is 5.56 Å². The molecule has 0 saturated carbocycles. The van der Waals surface area contributed by atoms with Gasteiger partial charge >= 0.3 is 0 Å². The van der Waals surface area contributed by atoms with Gasteiger partial charge < -0.3 is 25.7 Å². The highest BCUT2D eigenvalue weighted by Gasteiger charge is 2.02. The van der Waals surface area contributed by atoms with Gasteiger partial charge in [0.1, 0.15) is 11.5 Å². The van der Waals surface area contributed by atoms with Crippen molar-refractivity contribution in [2.45, 2.75) is 6.42 Å². The van der Waals surface area contributed by atoms with Crippen LogP contribution in [-0.2, 0) is 6.42 Å². The lowest BCUT2D eigenvalue weighted by Gasteiger charge is -2.08. The Bertz CT molecular complexity index is 563. The Labute approximate surface area is 110 Å². The SMILES string of the molecule is Oc1cc(O)cc(NCCc2ccc(O)c(O)c2)c1. The number of phenolic OH excluding ortho intramolecular Hbond substituents is 4. The Morgan fingerprint density at radius 1 is 0.789 bits per heavy atom. The molecule has 0 heterocycles. The summed E-state index contributed by atoms with van der Waals surface area (Å²) in [5, 5.41) is 40.2. The lowest BCUT2D eigenvalue weighted by molar-refractivity contribution is 0.403. The van der Waals surface area contributed by atoms with E-state index in [1.165, 1.54) is 30.3 Å². The van der Waals surface area contributed by atoms with Crippen molar-refractivity contribution in [1.82, 2.24) is 0 Å². The number of benzene rings is 2. The molecule has 2 rings (SSSR count). The first kappa shape index (κ1) is 12.9. The lowest BCUT2D eigenvalue weighted by atomic mass is 10.1. The smallest absolute Gasteiger partial charge is 0.157 e. The molecule has 0 unspecified atom stereocenters. The summed E-state index contributed by atoms with van der Waals surface area (Å²) in [6.45, 7) is 0.563. The number of nitrogens with one attached hydrogen (secondary N) is 1. The normalized spacial score (nSPS) is 10.3. The van der Waals surface area contributed by atoms with Gasteiger partial charge in [0.25, 0.3) is 0 Å². The molecule has 0 saturated heterocycles. The first-order valence-electron chi connectivity index (χ1n) is 5.82. The molecule has 0 aliphatic heterocycles. The molecule has 100 valence electrons. The second-order valence-corrected chi connectivity index (χ2v) is 4.24. The van der Waals surface area contributed by atoms with Crippen molar-refractivity contribution in [3.8, 4) is 23.0 Å². The zero-order valence-corrected chi connectivity index (χ0v) is 10.2. The molecule has 0 radical (unpaired) electrons. The topological polar surface area (TPSA) is 93.0 Å². The molecule has 19 heavy (non-hydrogen) atoms. The van der Waals surface area contributed by atoms with Gasteiger partial charge in [-0.25, -0.2) is 0 Å². The zero-order chi connectivity index (χ0) is 13.8. The second-order valence-electron chi connectivity index (χ2n) is 4.24. The molecule has 0 aromatic heterocycles. The number of hydrogen-bond donors (Lipinski definition) is 5. The van der Waals surface area contributed by atoms with E-state index in [2.05, 4.69) is 5.32 Å². The van der Waals surface area contributed by atoms with Gasteiger partial charge in [-0.1, -0.05) is 6.07 Å². The Hall–Kier alpha value is -2.56. The van der Waals surface area contributed by atoms with Crippen LogP contribution in [0, 0.1) is 0 Å². The van der Waals surface area contributed by atoms with Crippen molar-refractivity contribution in [3.05, 3.63) is 42.0 Å². The lowest BCUT2D eigenvalue weighted by Crippen LogP contribution is -2.04. The van der Waals surface area contributed by atoms with Gasteiger partial charge in [-0.3, -0.25) is 0 Å². The van der Waals surface area contributed by atoms with Crippen molar-refractivity contribution in [1.29, 1.82) is 0 Å². The Morgan fingerprint density at radius 3 is 2.11 bits per heavy atom. The first-order valence-corrected chi connectivity index (χ1v) is 5.82. The summed E-state index contributed by atoms with van der Waals surface area (Å²) < 4.78 is 0. The van der Waals surface area contributed by atoms with E-state index in [-0.39, 0.29) is 23.0 Å². The molecule has 5 nitrogen and oxygen atoms in total. The summed E-state index contributed by atoms with van der Waals surface area (Å²) in [6.07, 6.45) is 0.629. The molecule has 0 amide bonds. The molecule has 0 aliphatic rings. The van der Waals surface area contributed by atoms with E-state index < -0.39 is 0 Å². The fourth-order valence-corrected chi connectivity index (χ4v) is 1.77. The van der Waals surface area contributed by atoms with Crippen LogP contribution in [0.2, 0.25) is 0 Å². The predicted molar refractivity (Wildman–Crippen MR) is 71.7 cm³/mol. The summed E-state index contributed by atoms with van der Waals surface area (Å²) in [6, 6.07) is 8.92. The van der Waals surface area contributed by atoms with Crippen LogP contribution >= 0.6 is 0 Å². The first-order chi connectivity index (χ1) is 9.04. The van der Waals surface area contributed by atoms with E-state index in [0.717, 1.165) is 5.56 Å². The summed E-state index contributed by atoms with van der Waals surface area (Å²) in [4.78, 5) is 0. The van der Waals surface area contributed by atoms with Crippen LogP contribution in [0.4, 0.5) is 5.69 Å². The highest BCUT2D eigenvalue weighted by Crippen LogP contribution is 2.26. The molecule has 0 aliphatic carbocycles. The number of anilines is 1. The summed E-state index contributed by atoms with van der Waals surface area (Å²) >= 11 is 0. The molecule has 5 heteroatoms. The van der Waals surface area contributed by atoms with Crippen molar-refractivity contribution < 1.29 is 20.4 Å². The fraction of sp³-hybridized carbons (Fsp3) is 0.143. The van der Waals surface area contributed by atoms with Gasteiger partial charge in [0, 0.05) is 30.4 Å². The molecular formula is C14H15NO4. The molecule has 2 aromatic carbocycles. The van der Waals surface area contributed by atoms with Crippen LogP contribution in [0.3, 0.4) is 0 Å². The molecule has 0 atom stereocenters. The van der Waals surface area contributed by atoms with Gasteiger partial charge in [-0.2, -0.15) is 0 Å². The maximum absolute atomic E-state index is 9.35. The monoisotopic (exact) mass is 261 g/mol. The van der Waals surface area contributed by atoms with Gasteiger partial charge in [0.2, 0.25) is 0 Å². The third kappa shape index (κ3) is 3.45. The molecule has 0 bridgehead atoms. The molecule has 0 fully saturated rings. The number of aromatic hydroxyl groups is 4. The molecule has 2 aromatic rings. The van der Waals surface area contributed by atoms with Crippen molar-refractivity contribution in [2.24, 2.45) is 0 Å². The maximum atomic E-state index is 9.35. The maximum Gasteiger partial charge on any atom is 0.157 e. The minimum atomic E-state index is -0.146. The van der Waals surface area contributed by atoms with E-state index >= 15 is 0 Å².